The Morgan fingerprint density at radius 3 is 2.04 bits per heavy atom. The molecule has 1 aromatic heterocycles. The fourth-order valence-electron chi connectivity index (χ4n) is 2.03. The Morgan fingerprint density at radius 1 is 1.00 bits per heavy atom. The minimum atomic E-state index is -1.79. The van der Waals surface area contributed by atoms with Crippen molar-refractivity contribution >= 4 is 29.7 Å². The van der Waals surface area contributed by atoms with Crippen molar-refractivity contribution in [2.24, 2.45) is 5.73 Å². The van der Waals surface area contributed by atoms with E-state index in [1.807, 2.05) is 5.32 Å². The third-order valence-electron chi connectivity index (χ3n) is 3.33. The topological polar surface area (TPSA) is 225 Å². The summed E-state index contributed by atoms with van der Waals surface area (Å²) in [7, 11) is 0. The van der Waals surface area contributed by atoms with Crippen molar-refractivity contribution in [3.63, 3.8) is 0 Å². The van der Waals surface area contributed by atoms with Crippen LogP contribution in [0.15, 0.2) is 12.5 Å². The molecule has 1 rings (SSSR count). The number of aromatic amines is 1. The Hall–Kier alpha value is -3.48. The van der Waals surface area contributed by atoms with Crippen LogP contribution in [-0.2, 0) is 30.4 Å². The standard InChI is InChI=1S/C14H19N5O8/c15-7(1-6-4-16-5-17-6)12(24)18-8(2-10(20)21)13(25)19-9(14(26)27)3-11(22)23/h4-5,7-9H,1-3,15H2,(H,16,17)(H,18,24)(H,19,25)(H,20,21)(H,22,23)(H,26,27)/t7-,8-,9-/m0/s1. The van der Waals surface area contributed by atoms with E-state index < -0.39 is 60.7 Å². The molecule has 0 saturated carbocycles. The zero-order chi connectivity index (χ0) is 20.6. The largest absolute Gasteiger partial charge is 0.481 e. The Labute approximate surface area is 152 Å². The normalized spacial score (nSPS) is 13.8. The van der Waals surface area contributed by atoms with E-state index >= 15 is 0 Å². The van der Waals surface area contributed by atoms with Crippen LogP contribution in [0.2, 0.25) is 0 Å². The molecule has 8 N–H and O–H groups in total. The van der Waals surface area contributed by atoms with Crippen molar-refractivity contribution in [1.82, 2.24) is 20.6 Å². The average molecular weight is 385 g/mol. The average Bonchev–Trinajstić information content (AvgIpc) is 3.05. The Bertz CT molecular complexity index is 704. The van der Waals surface area contributed by atoms with E-state index in [9.17, 15) is 24.0 Å². The summed E-state index contributed by atoms with van der Waals surface area (Å²) in [6.07, 6.45) is 1.10. The summed E-state index contributed by atoms with van der Waals surface area (Å²) in [5, 5.41) is 30.5. The monoisotopic (exact) mass is 385 g/mol. The van der Waals surface area contributed by atoms with E-state index in [1.54, 1.807) is 0 Å². The summed E-state index contributed by atoms with van der Waals surface area (Å²) in [6, 6.07) is -4.58. The van der Waals surface area contributed by atoms with Gasteiger partial charge in [-0.25, -0.2) is 9.78 Å². The van der Waals surface area contributed by atoms with Gasteiger partial charge in [0.1, 0.15) is 12.1 Å². The van der Waals surface area contributed by atoms with Crippen LogP contribution in [-0.4, -0.2) is 73.1 Å². The second-order valence-corrected chi connectivity index (χ2v) is 5.53. The maximum absolute atomic E-state index is 12.1. The van der Waals surface area contributed by atoms with Crippen molar-refractivity contribution < 1.29 is 39.3 Å². The number of hydrogen-bond donors (Lipinski definition) is 7. The molecule has 13 heteroatoms. The lowest BCUT2D eigenvalue weighted by Crippen LogP contribution is -2.55. The molecule has 0 aromatic carbocycles. The number of imidazole rings is 1. The van der Waals surface area contributed by atoms with Gasteiger partial charge in [0.25, 0.3) is 0 Å². The number of aliphatic carboxylic acids is 3. The third-order valence-corrected chi connectivity index (χ3v) is 3.33. The van der Waals surface area contributed by atoms with E-state index in [0.29, 0.717) is 5.69 Å². The number of hydrogen-bond acceptors (Lipinski definition) is 7. The zero-order valence-electron chi connectivity index (χ0n) is 13.9. The number of carboxylic acids is 3. The van der Waals surface area contributed by atoms with E-state index in [0.717, 1.165) is 0 Å². The highest BCUT2D eigenvalue weighted by molar-refractivity contribution is 5.94. The Morgan fingerprint density at radius 2 is 1.56 bits per heavy atom. The summed E-state index contributed by atoms with van der Waals surface area (Å²) in [6.45, 7) is 0. The number of aromatic nitrogens is 2. The second-order valence-electron chi connectivity index (χ2n) is 5.53. The van der Waals surface area contributed by atoms with Gasteiger partial charge in [-0.3, -0.25) is 19.2 Å². The molecule has 27 heavy (non-hydrogen) atoms. The van der Waals surface area contributed by atoms with Crippen LogP contribution in [0, 0.1) is 0 Å². The lowest BCUT2D eigenvalue weighted by molar-refractivity contribution is -0.148. The first-order valence-electron chi connectivity index (χ1n) is 7.60. The molecule has 0 unspecified atom stereocenters. The molecule has 0 radical (unpaired) electrons. The number of nitrogens with two attached hydrogens (primary N) is 1. The predicted molar refractivity (Wildman–Crippen MR) is 86.3 cm³/mol. The highest BCUT2D eigenvalue weighted by Gasteiger charge is 2.30. The van der Waals surface area contributed by atoms with Gasteiger partial charge in [-0.15, -0.1) is 0 Å². The smallest absolute Gasteiger partial charge is 0.326 e. The molecule has 3 atom stereocenters. The lowest BCUT2D eigenvalue weighted by atomic mass is 10.1. The third kappa shape index (κ3) is 7.52. The van der Waals surface area contributed by atoms with E-state index in [2.05, 4.69) is 15.3 Å². The molecule has 0 saturated heterocycles. The molecular formula is C14H19N5O8. The van der Waals surface area contributed by atoms with E-state index in [4.69, 9.17) is 21.1 Å². The first kappa shape index (κ1) is 21.6. The minimum absolute atomic E-state index is 0.00745. The molecule has 0 spiro atoms. The summed E-state index contributed by atoms with van der Waals surface area (Å²) in [4.78, 5) is 63.4. The second kappa shape index (κ2) is 9.86. The molecule has 0 aliphatic heterocycles. The van der Waals surface area contributed by atoms with Gasteiger partial charge in [-0.2, -0.15) is 0 Å². The van der Waals surface area contributed by atoms with Gasteiger partial charge in [0.2, 0.25) is 11.8 Å². The molecule has 0 fully saturated rings. The molecule has 148 valence electrons. The summed E-state index contributed by atoms with van der Waals surface area (Å²) in [5.74, 6) is -6.57. The van der Waals surface area contributed by atoms with Crippen molar-refractivity contribution in [1.29, 1.82) is 0 Å². The van der Waals surface area contributed by atoms with Gasteiger partial charge in [0.15, 0.2) is 0 Å². The minimum Gasteiger partial charge on any atom is -0.481 e. The molecule has 1 heterocycles. The van der Waals surface area contributed by atoms with Gasteiger partial charge >= 0.3 is 17.9 Å². The quantitative estimate of drug-likeness (QED) is 0.208. The predicted octanol–water partition coefficient (Wildman–Crippen LogP) is -2.72. The number of nitrogens with one attached hydrogen (secondary N) is 3. The number of amides is 2. The molecular weight excluding hydrogens is 366 g/mol. The number of carbonyl (C=O) groups excluding carboxylic acids is 2. The Balaban J connectivity index is 2.79. The van der Waals surface area contributed by atoms with Crippen molar-refractivity contribution in [3.8, 4) is 0 Å². The molecule has 0 aliphatic rings. The van der Waals surface area contributed by atoms with Gasteiger partial charge in [0, 0.05) is 12.6 Å². The summed E-state index contributed by atoms with van der Waals surface area (Å²) >= 11 is 0. The number of nitrogens with zero attached hydrogens (tertiary/aromatic N) is 1. The van der Waals surface area contributed by atoms with Crippen LogP contribution in [0.4, 0.5) is 0 Å². The van der Waals surface area contributed by atoms with E-state index in [-0.39, 0.29) is 6.42 Å². The van der Waals surface area contributed by atoms with Gasteiger partial charge in [-0.05, 0) is 0 Å². The number of H-pyrrole nitrogens is 1. The fraction of sp³-hybridized carbons (Fsp3) is 0.429. The van der Waals surface area contributed by atoms with E-state index in [1.165, 1.54) is 12.5 Å². The van der Waals surface area contributed by atoms with Gasteiger partial charge in [0.05, 0.1) is 30.9 Å². The fourth-order valence-corrected chi connectivity index (χ4v) is 2.03. The van der Waals surface area contributed by atoms with Gasteiger partial charge in [-0.1, -0.05) is 0 Å². The van der Waals surface area contributed by atoms with Crippen LogP contribution >= 0.6 is 0 Å². The van der Waals surface area contributed by atoms with Crippen molar-refractivity contribution in [2.45, 2.75) is 37.4 Å². The van der Waals surface area contributed by atoms with Crippen LogP contribution < -0.4 is 16.4 Å². The maximum Gasteiger partial charge on any atom is 0.326 e. The van der Waals surface area contributed by atoms with Crippen LogP contribution in [0.5, 0.6) is 0 Å². The number of rotatable bonds is 11. The molecule has 2 amide bonds. The molecule has 13 nitrogen and oxygen atoms in total. The van der Waals surface area contributed by atoms with Crippen LogP contribution in [0.1, 0.15) is 18.5 Å². The van der Waals surface area contributed by atoms with Gasteiger partial charge < -0.3 is 36.7 Å². The first-order chi connectivity index (χ1) is 12.6. The van der Waals surface area contributed by atoms with Crippen LogP contribution in [0.3, 0.4) is 0 Å². The number of carbonyl (C=O) groups is 5. The highest BCUT2D eigenvalue weighted by atomic mass is 16.4. The SMILES string of the molecule is N[C@@H](Cc1c[nH]cn1)C(=O)N[C@@H](CC(=O)O)C(=O)N[C@@H](CC(=O)O)C(=O)O. The molecule has 0 bridgehead atoms. The van der Waals surface area contributed by atoms with Crippen LogP contribution in [0.25, 0.3) is 0 Å². The molecule has 1 aromatic rings. The maximum atomic E-state index is 12.1. The lowest BCUT2D eigenvalue weighted by Gasteiger charge is -2.21. The molecule has 0 aliphatic carbocycles. The zero-order valence-corrected chi connectivity index (χ0v) is 13.9. The Kier molecular flexibility index (Phi) is 7.88. The summed E-state index contributed by atoms with van der Waals surface area (Å²) in [5.41, 5.74) is 6.15. The highest BCUT2D eigenvalue weighted by Crippen LogP contribution is 2.01. The van der Waals surface area contributed by atoms with Crippen molar-refractivity contribution in [3.05, 3.63) is 18.2 Å². The number of carboxylic acid groups (broad SMARTS) is 3. The first-order valence-corrected chi connectivity index (χ1v) is 7.60. The summed E-state index contributed by atoms with van der Waals surface area (Å²) < 4.78 is 0. The van der Waals surface area contributed by atoms with Crippen molar-refractivity contribution in [2.75, 3.05) is 0 Å².